The Morgan fingerprint density at radius 2 is 2.11 bits per heavy atom. The highest BCUT2D eigenvalue weighted by molar-refractivity contribution is 5.91. The zero-order valence-corrected chi connectivity index (χ0v) is 15.2. The number of anilines is 1. The van der Waals surface area contributed by atoms with Crippen molar-refractivity contribution < 1.29 is 14.3 Å². The molecule has 0 amide bonds. The van der Waals surface area contributed by atoms with Gasteiger partial charge < -0.3 is 9.47 Å². The topological polar surface area (TPSA) is 119 Å². The molecule has 1 aromatic carbocycles. The van der Waals surface area contributed by atoms with Gasteiger partial charge in [0.2, 0.25) is 5.95 Å². The van der Waals surface area contributed by atoms with Gasteiger partial charge in [-0.1, -0.05) is 0 Å². The van der Waals surface area contributed by atoms with Crippen LogP contribution in [0.4, 0.5) is 5.95 Å². The van der Waals surface area contributed by atoms with Gasteiger partial charge in [0.05, 0.1) is 18.9 Å². The zero-order valence-electron chi connectivity index (χ0n) is 15.2. The van der Waals surface area contributed by atoms with E-state index in [9.17, 15) is 9.59 Å². The molecule has 28 heavy (non-hydrogen) atoms. The maximum atomic E-state index is 12.2. The van der Waals surface area contributed by atoms with Gasteiger partial charge in [-0.25, -0.2) is 15.2 Å². The number of carbonyl (C=O) groups is 1. The minimum Gasteiger partial charge on any atom is -0.493 e. The molecule has 0 spiro atoms. The maximum Gasteiger partial charge on any atom is 0.345 e. The lowest BCUT2D eigenvalue weighted by Gasteiger charge is -2.09. The first-order valence-corrected chi connectivity index (χ1v) is 8.22. The fraction of sp³-hybridized carbons (Fsp3) is 0.105. The third-order valence-corrected chi connectivity index (χ3v) is 3.54. The van der Waals surface area contributed by atoms with Gasteiger partial charge in [-0.3, -0.25) is 14.8 Å². The van der Waals surface area contributed by atoms with Crippen LogP contribution in [0.3, 0.4) is 0 Å². The van der Waals surface area contributed by atoms with Crippen molar-refractivity contribution in [3.05, 3.63) is 76.0 Å². The Bertz CT molecular complexity index is 1060. The molecule has 3 aromatic rings. The molecule has 0 aliphatic heterocycles. The Hall–Kier alpha value is -4.01. The number of methoxy groups -OCH3 is 1. The van der Waals surface area contributed by atoms with Crippen LogP contribution in [0.15, 0.2) is 58.7 Å². The van der Waals surface area contributed by atoms with Crippen LogP contribution in [0.5, 0.6) is 11.5 Å². The number of nitrogens with one attached hydrogen (secondary N) is 2. The summed E-state index contributed by atoms with van der Waals surface area (Å²) >= 11 is 0. The Morgan fingerprint density at radius 3 is 2.82 bits per heavy atom. The molecule has 2 heterocycles. The van der Waals surface area contributed by atoms with Crippen LogP contribution in [-0.4, -0.2) is 34.2 Å². The largest absolute Gasteiger partial charge is 0.493 e. The van der Waals surface area contributed by atoms with Crippen molar-refractivity contribution in [1.29, 1.82) is 0 Å². The molecule has 3 rings (SSSR count). The SMILES string of the molecule is COc1cc(/C=N/Nc2nc(C)cc(=O)[nH]2)ccc1OC(=O)c1cccnc1. The highest BCUT2D eigenvalue weighted by Gasteiger charge is 2.12. The number of hydrogen-bond donors (Lipinski definition) is 2. The summed E-state index contributed by atoms with van der Waals surface area (Å²) in [6.45, 7) is 1.71. The van der Waals surface area contributed by atoms with Gasteiger partial charge in [0.1, 0.15) is 0 Å². The van der Waals surface area contributed by atoms with Crippen molar-refractivity contribution in [2.45, 2.75) is 6.92 Å². The smallest absolute Gasteiger partial charge is 0.345 e. The molecule has 0 aliphatic carbocycles. The van der Waals surface area contributed by atoms with Gasteiger partial charge in [-0.2, -0.15) is 5.10 Å². The number of aryl methyl sites for hydroxylation is 1. The zero-order chi connectivity index (χ0) is 19.9. The lowest BCUT2D eigenvalue weighted by atomic mass is 10.2. The summed E-state index contributed by atoms with van der Waals surface area (Å²) in [5.41, 5.74) is 3.96. The fourth-order valence-electron chi connectivity index (χ4n) is 2.29. The van der Waals surface area contributed by atoms with E-state index in [-0.39, 0.29) is 17.3 Å². The second-order valence-electron chi connectivity index (χ2n) is 5.65. The van der Waals surface area contributed by atoms with E-state index in [0.717, 1.165) is 0 Å². The van der Waals surface area contributed by atoms with Gasteiger partial charge in [0.15, 0.2) is 11.5 Å². The van der Waals surface area contributed by atoms with E-state index in [2.05, 4.69) is 25.5 Å². The molecule has 142 valence electrons. The van der Waals surface area contributed by atoms with Crippen LogP contribution >= 0.6 is 0 Å². The molecule has 9 nitrogen and oxygen atoms in total. The summed E-state index contributed by atoms with van der Waals surface area (Å²) in [6.07, 6.45) is 4.50. The summed E-state index contributed by atoms with van der Waals surface area (Å²) in [5.74, 6) is 0.327. The standard InChI is InChI=1S/C19H17N5O4/c1-12-8-17(25)23-19(22-12)24-21-10-13-5-6-15(16(9-13)27-2)28-18(26)14-4-3-7-20-11-14/h3-11H,1-2H3,(H2,22,23,24,25)/b21-10+. The molecule has 0 saturated carbocycles. The molecular weight excluding hydrogens is 362 g/mol. The predicted molar refractivity (Wildman–Crippen MR) is 103 cm³/mol. The number of carbonyl (C=O) groups excluding carboxylic acids is 1. The molecule has 0 unspecified atom stereocenters. The normalized spacial score (nSPS) is 10.6. The van der Waals surface area contributed by atoms with Crippen LogP contribution < -0.4 is 20.5 Å². The van der Waals surface area contributed by atoms with Crippen molar-refractivity contribution in [2.24, 2.45) is 5.10 Å². The Balaban J connectivity index is 1.72. The van der Waals surface area contributed by atoms with E-state index < -0.39 is 5.97 Å². The number of hydrogen-bond acceptors (Lipinski definition) is 8. The molecule has 2 aromatic heterocycles. The van der Waals surface area contributed by atoms with Gasteiger partial charge in [0.25, 0.3) is 5.56 Å². The minimum atomic E-state index is -0.538. The van der Waals surface area contributed by atoms with Crippen molar-refractivity contribution in [3.63, 3.8) is 0 Å². The number of pyridine rings is 1. The van der Waals surface area contributed by atoms with Crippen LogP contribution in [0.1, 0.15) is 21.6 Å². The van der Waals surface area contributed by atoms with Crippen LogP contribution in [0, 0.1) is 6.92 Å². The fourth-order valence-corrected chi connectivity index (χ4v) is 2.29. The Labute approximate surface area is 160 Å². The highest BCUT2D eigenvalue weighted by atomic mass is 16.6. The lowest BCUT2D eigenvalue weighted by molar-refractivity contribution is 0.0729. The molecule has 0 aliphatic rings. The third-order valence-electron chi connectivity index (χ3n) is 3.54. The Kier molecular flexibility index (Phi) is 5.75. The van der Waals surface area contributed by atoms with E-state index in [1.165, 1.54) is 25.6 Å². The summed E-state index contributed by atoms with van der Waals surface area (Å²) in [6, 6.07) is 9.59. The maximum absolute atomic E-state index is 12.2. The van der Waals surface area contributed by atoms with E-state index in [1.807, 2.05) is 0 Å². The predicted octanol–water partition coefficient (Wildman–Crippen LogP) is 2.15. The molecule has 0 bridgehead atoms. The molecule has 2 N–H and O–H groups in total. The summed E-state index contributed by atoms with van der Waals surface area (Å²) < 4.78 is 10.6. The number of aromatic amines is 1. The van der Waals surface area contributed by atoms with E-state index in [0.29, 0.717) is 22.6 Å². The second kappa shape index (κ2) is 8.58. The van der Waals surface area contributed by atoms with Gasteiger partial charge in [0, 0.05) is 24.2 Å². The molecule has 9 heteroatoms. The van der Waals surface area contributed by atoms with Crippen LogP contribution in [0.2, 0.25) is 0 Å². The average Bonchev–Trinajstić information content (AvgIpc) is 2.69. The Morgan fingerprint density at radius 1 is 1.25 bits per heavy atom. The quantitative estimate of drug-likeness (QED) is 0.291. The molecule has 0 atom stereocenters. The number of esters is 1. The number of H-pyrrole nitrogens is 1. The van der Waals surface area contributed by atoms with Crippen LogP contribution in [0.25, 0.3) is 0 Å². The van der Waals surface area contributed by atoms with E-state index in [4.69, 9.17) is 9.47 Å². The van der Waals surface area contributed by atoms with Gasteiger partial charge >= 0.3 is 5.97 Å². The second-order valence-corrected chi connectivity index (χ2v) is 5.65. The third kappa shape index (κ3) is 4.79. The average molecular weight is 379 g/mol. The van der Waals surface area contributed by atoms with Crippen molar-refractivity contribution >= 4 is 18.1 Å². The number of rotatable bonds is 6. The number of aromatic nitrogens is 3. The van der Waals surface area contributed by atoms with Gasteiger partial charge in [-0.15, -0.1) is 0 Å². The highest BCUT2D eigenvalue weighted by Crippen LogP contribution is 2.28. The van der Waals surface area contributed by atoms with E-state index in [1.54, 1.807) is 43.5 Å². The summed E-state index contributed by atoms with van der Waals surface area (Å²) in [7, 11) is 1.47. The van der Waals surface area contributed by atoms with Crippen LogP contribution in [-0.2, 0) is 0 Å². The van der Waals surface area contributed by atoms with Crippen molar-refractivity contribution in [3.8, 4) is 11.5 Å². The molecule has 0 fully saturated rings. The first kappa shape index (κ1) is 18.8. The first-order chi connectivity index (χ1) is 13.5. The molecular formula is C19H17N5O4. The summed E-state index contributed by atoms with van der Waals surface area (Å²) in [4.78, 5) is 34.1. The lowest BCUT2D eigenvalue weighted by Crippen LogP contribution is -2.10. The van der Waals surface area contributed by atoms with Crippen molar-refractivity contribution in [1.82, 2.24) is 15.0 Å². The molecule has 0 saturated heterocycles. The van der Waals surface area contributed by atoms with E-state index >= 15 is 0 Å². The first-order valence-electron chi connectivity index (χ1n) is 8.22. The number of nitrogens with zero attached hydrogens (tertiary/aromatic N) is 3. The van der Waals surface area contributed by atoms with Gasteiger partial charge in [-0.05, 0) is 42.8 Å². The number of benzene rings is 1. The summed E-state index contributed by atoms with van der Waals surface area (Å²) in [5, 5.41) is 4.03. The minimum absolute atomic E-state index is 0.232. The number of hydrazone groups is 1. The number of ether oxygens (including phenoxy) is 2. The molecule has 0 radical (unpaired) electrons. The van der Waals surface area contributed by atoms with Crippen molar-refractivity contribution in [2.75, 3.05) is 12.5 Å². The monoisotopic (exact) mass is 379 g/mol.